The fraction of sp³-hybridized carbons (Fsp3) is 0.435. The molecule has 34 heavy (non-hydrogen) atoms. The lowest BCUT2D eigenvalue weighted by Gasteiger charge is -2.22. The van der Waals surface area contributed by atoms with E-state index in [1.54, 1.807) is 12.1 Å². The van der Waals surface area contributed by atoms with E-state index >= 15 is 0 Å². The van der Waals surface area contributed by atoms with Gasteiger partial charge >= 0.3 is 0 Å². The van der Waals surface area contributed by atoms with Gasteiger partial charge in [0.05, 0.1) is 9.79 Å². The van der Waals surface area contributed by atoms with Crippen LogP contribution in [0.4, 0.5) is 0 Å². The third-order valence-corrected chi connectivity index (χ3v) is 8.99. The molecule has 0 heterocycles. The maximum Gasteiger partial charge on any atom is 0.258 e. The number of rotatable bonds is 10. The molecule has 0 atom stereocenters. The van der Waals surface area contributed by atoms with Gasteiger partial charge in [-0.2, -0.15) is 0 Å². The molecule has 0 unspecified atom stereocenters. The second kappa shape index (κ2) is 11.3. The van der Waals surface area contributed by atoms with Crippen molar-refractivity contribution in [3.05, 3.63) is 54.1 Å². The number of hydrogen-bond donors (Lipinski definition) is 2. The van der Waals surface area contributed by atoms with Crippen molar-refractivity contribution in [1.29, 1.82) is 0 Å². The quantitative estimate of drug-likeness (QED) is 0.507. The number of nitrogens with zero attached hydrogens (tertiary/aromatic N) is 1. The average molecular weight is 510 g/mol. The van der Waals surface area contributed by atoms with Gasteiger partial charge in [-0.15, -0.1) is 0 Å². The first kappa shape index (κ1) is 26.1. The maximum absolute atomic E-state index is 12.6. The molecule has 186 valence electrons. The zero-order valence-electron chi connectivity index (χ0n) is 19.4. The molecule has 2 N–H and O–H groups in total. The number of nitrogens with one attached hydrogen (secondary N) is 2. The van der Waals surface area contributed by atoms with Crippen LogP contribution in [0.2, 0.25) is 0 Å². The van der Waals surface area contributed by atoms with Crippen molar-refractivity contribution < 1.29 is 26.4 Å². The van der Waals surface area contributed by atoms with Crippen LogP contribution >= 0.6 is 0 Å². The van der Waals surface area contributed by atoms with Gasteiger partial charge in [0.1, 0.15) is 5.75 Å². The third-order valence-electron chi connectivity index (χ3n) is 5.62. The largest absolute Gasteiger partial charge is 0.484 e. The highest BCUT2D eigenvalue weighted by molar-refractivity contribution is 7.89. The summed E-state index contributed by atoms with van der Waals surface area (Å²) in [5.41, 5.74) is 0.742. The van der Waals surface area contributed by atoms with E-state index in [4.69, 9.17) is 4.74 Å². The van der Waals surface area contributed by atoms with Crippen LogP contribution in [-0.4, -0.2) is 53.8 Å². The predicted octanol–water partition coefficient (Wildman–Crippen LogP) is 2.24. The summed E-state index contributed by atoms with van der Waals surface area (Å²) in [5.74, 6) is 0.0191. The molecule has 0 aromatic heterocycles. The molecular formula is C23H31N3O6S2. The molecule has 0 saturated heterocycles. The highest BCUT2D eigenvalue weighted by atomic mass is 32.2. The van der Waals surface area contributed by atoms with Gasteiger partial charge in [-0.3, -0.25) is 4.79 Å². The first-order chi connectivity index (χ1) is 16.1. The summed E-state index contributed by atoms with van der Waals surface area (Å²) < 4.78 is 58.7. The van der Waals surface area contributed by atoms with Crippen LogP contribution in [0, 0.1) is 0 Å². The Hall–Kier alpha value is -2.47. The predicted molar refractivity (Wildman–Crippen MR) is 128 cm³/mol. The van der Waals surface area contributed by atoms with Gasteiger partial charge in [-0.25, -0.2) is 25.9 Å². The molecular weight excluding hydrogens is 478 g/mol. The van der Waals surface area contributed by atoms with Crippen LogP contribution < -0.4 is 14.8 Å². The summed E-state index contributed by atoms with van der Waals surface area (Å²) in [6.07, 6.45) is 4.92. The zero-order chi connectivity index (χ0) is 24.8. The SMILES string of the molecule is CN(C)S(=O)(=O)c1ccc(CNC(=O)COc2ccc(S(=O)(=O)NC3CCCCC3)cc2)cc1. The fourth-order valence-electron chi connectivity index (χ4n) is 3.61. The normalized spacial score (nSPS) is 15.3. The summed E-state index contributed by atoms with van der Waals surface area (Å²) >= 11 is 0. The second-order valence-corrected chi connectivity index (χ2v) is 12.3. The molecule has 9 nitrogen and oxygen atoms in total. The molecule has 0 radical (unpaired) electrons. The van der Waals surface area contributed by atoms with E-state index in [0.717, 1.165) is 42.0 Å². The number of benzene rings is 2. The van der Waals surface area contributed by atoms with Gasteiger partial charge in [0.15, 0.2) is 6.61 Å². The van der Waals surface area contributed by atoms with Crippen LogP contribution in [0.1, 0.15) is 37.7 Å². The lowest BCUT2D eigenvalue weighted by atomic mass is 9.96. The van der Waals surface area contributed by atoms with Crippen LogP contribution in [0.5, 0.6) is 5.75 Å². The molecule has 1 aliphatic carbocycles. The average Bonchev–Trinajstić information content (AvgIpc) is 2.82. The smallest absolute Gasteiger partial charge is 0.258 e. The highest BCUT2D eigenvalue weighted by Crippen LogP contribution is 2.21. The first-order valence-corrected chi connectivity index (χ1v) is 14.0. The van der Waals surface area contributed by atoms with Crippen molar-refractivity contribution in [1.82, 2.24) is 14.3 Å². The minimum absolute atomic E-state index is 0.0213. The van der Waals surface area contributed by atoms with Gasteiger partial charge in [0.2, 0.25) is 20.0 Å². The van der Waals surface area contributed by atoms with E-state index in [-0.39, 0.29) is 34.9 Å². The summed E-state index contributed by atoms with van der Waals surface area (Å²) in [7, 11) is -4.16. The Balaban J connectivity index is 1.46. The van der Waals surface area contributed by atoms with E-state index in [9.17, 15) is 21.6 Å². The molecule has 1 aliphatic rings. The Kier molecular flexibility index (Phi) is 8.69. The van der Waals surface area contributed by atoms with Crippen LogP contribution in [-0.2, 0) is 31.4 Å². The molecule has 11 heteroatoms. The van der Waals surface area contributed by atoms with E-state index in [0.29, 0.717) is 5.75 Å². The molecule has 0 bridgehead atoms. The van der Waals surface area contributed by atoms with Gasteiger partial charge < -0.3 is 10.1 Å². The molecule has 2 aromatic rings. The number of hydrogen-bond acceptors (Lipinski definition) is 6. The van der Waals surface area contributed by atoms with Gasteiger partial charge in [0, 0.05) is 26.7 Å². The fourth-order valence-corrected chi connectivity index (χ4v) is 5.82. The zero-order valence-corrected chi connectivity index (χ0v) is 21.0. The van der Waals surface area contributed by atoms with Crippen molar-refractivity contribution >= 4 is 26.0 Å². The molecule has 1 fully saturated rings. The summed E-state index contributed by atoms with van der Waals surface area (Å²) in [4.78, 5) is 12.4. The van der Waals surface area contributed by atoms with E-state index < -0.39 is 20.0 Å². The van der Waals surface area contributed by atoms with Crippen LogP contribution in [0.3, 0.4) is 0 Å². The van der Waals surface area contributed by atoms with Crippen molar-refractivity contribution in [3.63, 3.8) is 0 Å². The van der Waals surface area contributed by atoms with Gasteiger partial charge in [-0.05, 0) is 54.8 Å². The number of carbonyl (C=O) groups is 1. The number of carbonyl (C=O) groups excluding carboxylic acids is 1. The number of sulfonamides is 2. The Bertz CT molecular complexity index is 1170. The lowest BCUT2D eigenvalue weighted by Crippen LogP contribution is -2.36. The second-order valence-electron chi connectivity index (χ2n) is 8.42. The van der Waals surface area contributed by atoms with Crippen LogP contribution in [0.25, 0.3) is 0 Å². The summed E-state index contributed by atoms with van der Waals surface area (Å²) in [6.45, 7) is -0.0198. The monoisotopic (exact) mass is 509 g/mol. The van der Waals surface area contributed by atoms with E-state index in [1.807, 2.05) is 0 Å². The standard InChI is InChI=1S/C23H31N3O6S2/c1-26(2)34(30,31)22-12-8-18(9-13-22)16-24-23(27)17-32-20-10-14-21(15-11-20)33(28,29)25-19-6-4-3-5-7-19/h8-15,19,25H,3-7,16-17H2,1-2H3,(H,24,27). The molecule has 0 aliphatic heterocycles. The molecule has 2 aromatic carbocycles. The lowest BCUT2D eigenvalue weighted by molar-refractivity contribution is -0.123. The maximum atomic E-state index is 12.6. The van der Waals surface area contributed by atoms with Gasteiger partial charge in [0.25, 0.3) is 5.91 Å². The van der Waals surface area contributed by atoms with Gasteiger partial charge in [-0.1, -0.05) is 31.4 Å². The minimum Gasteiger partial charge on any atom is -0.484 e. The van der Waals surface area contributed by atoms with Crippen molar-refractivity contribution in [2.24, 2.45) is 0 Å². The van der Waals surface area contributed by atoms with Crippen molar-refractivity contribution in [3.8, 4) is 5.75 Å². The third kappa shape index (κ3) is 7.02. The number of ether oxygens (including phenoxy) is 1. The van der Waals surface area contributed by atoms with Crippen molar-refractivity contribution in [2.45, 2.75) is 54.5 Å². The summed E-state index contributed by atoms with van der Waals surface area (Å²) in [6, 6.07) is 12.2. The Morgan fingerprint density at radius 3 is 2.09 bits per heavy atom. The molecule has 3 rings (SSSR count). The topological polar surface area (TPSA) is 122 Å². The molecule has 1 amide bonds. The first-order valence-electron chi connectivity index (χ1n) is 11.1. The molecule has 0 spiro atoms. The highest BCUT2D eigenvalue weighted by Gasteiger charge is 2.22. The minimum atomic E-state index is -3.59. The summed E-state index contributed by atoms with van der Waals surface area (Å²) in [5, 5.41) is 2.70. The van der Waals surface area contributed by atoms with E-state index in [2.05, 4.69) is 10.0 Å². The Morgan fingerprint density at radius 1 is 0.912 bits per heavy atom. The number of amides is 1. The Labute approximate surface area is 201 Å². The van der Waals surface area contributed by atoms with E-state index in [1.165, 1.54) is 50.5 Å². The molecule has 1 saturated carbocycles. The van der Waals surface area contributed by atoms with Crippen LogP contribution in [0.15, 0.2) is 58.3 Å². The Morgan fingerprint density at radius 2 is 1.50 bits per heavy atom. The van der Waals surface area contributed by atoms with Crippen molar-refractivity contribution in [2.75, 3.05) is 20.7 Å².